The summed E-state index contributed by atoms with van der Waals surface area (Å²) in [6, 6.07) is 2.24. The first kappa shape index (κ1) is 21.4. The van der Waals surface area contributed by atoms with Gasteiger partial charge in [-0.1, -0.05) is 26.0 Å². The molecule has 0 aliphatic heterocycles. The van der Waals surface area contributed by atoms with Crippen molar-refractivity contribution in [1.29, 1.82) is 5.26 Å². The fourth-order valence-electron chi connectivity index (χ4n) is 2.70. The summed E-state index contributed by atoms with van der Waals surface area (Å²) in [5.74, 6) is -2.36. The second-order valence-electron chi connectivity index (χ2n) is 6.25. The molecule has 1 unspecified atom stereocenters. The van der Waals surface area contributed by atoms with E-state index in [1.165, 1.54) is 0 Å². The van der Waals surface area contributed by atoms with Crippen LogP contribution in [0.5, 0.6) is 0 Å². The summed E-state index contributed by atoms with van der Waals surface area (Å²) in [7, 11) is 0. The largest absolute Gasteiger partial charge is 0.478 e. The number of carbonyl (C=O) groups excluding carboxylic acids is 1. The molecule has 0 radical (unpaired) electrons. The SMILES string of the molecule is CC(C)C[C@@H](C(N)=O)N(CC#N)C(c1ccc(C(=O)O)cc1)C(F)(F)F. The molecule has 1 aromatic carbocycles. The van der Waals surface area contributed by atoms with E-state index < -0.39 is 36.7 Å². The van der Waals surface area contributed by atoms with Crippen LogP contribution in [0.2, 0.25) is 0 Å². The highest BCUT2D eigenvalue weighted by Crippen LogP contribution is 2.39. The molecular weight excluding hydrogens is 351 g/mol. The van der Waals surface area contributed by atoms with Crippen LogP contribution in [0.15, 0.2) is 24.3 Å². The first-order chi connectivity index (χ1) is 12.0. The number of nitrogens with zero attached hydrogens (tertiary/aromatic N) is 2. The van der Waals surface area contributed by atoms with Gasteiger partial charge >= 0.3 is 12.1 Å². The van der Waals surface area contributed by atoms with Crippen molar-refractivity contribution in [1.82, 2.24) is 4.90 Å². The number of nitriles is 1. The normalized spacial score (nSPS) is 14.1. The molecule has 0 bridgehead atoms. The molecule has 26 heavy (non-hydrogen) atoms. The van der Waals surface area contributed by atoms with Crippen LogP contribution in [0.25, 0.3) is 0 Å². The summed E-state index contributed by atoms with van der Waals surface area (Å²) in [4.78, 5) is 23.4. The van der Waals surface area contributed by atoms with Crippen LogP contribution in [-0.4, -0.2) is 40.6 Å². The standard InChI is InChI=1S/C17H20F3N3O3/c1-10(2)9-13(15(22)24)23(8-7-21)14(17(18,19)20)11-3-5-12(6-4-11)16(25)26/h3-6,10,13-14H,8-9H2,1-2H3,(H2,22,24)(H,25,26)/t13-,14?/m0/s1. The highest BCUT2D eigenvalue weighted by molar-refractivity contribution is 5.87. The number of carbonyl (C=O) groups is 2. The number of amides is 1. The van der Waals surface area contributed by atoms with Gasteiger partial charge in [0.05, 0.1) is 24.2 Å². The molecule has 3 N–H and O–H groups in total. The van der Waals surface area contributed by atoms with Gasteiger partial charge in [0, 0.05) is 0 Å². The Bertz CT molecular complexity index is 681. The molecule has 142 valence electrons. The molecule has 2 atom stereocenters. The number of halogens is 3. The van der Waals surface area contributed by atoms with Crippen LogP contribution in [0, 0.1) is 17.2 Å². The van der Waals surface area contributed by atoms with Gasteiger partial charge in [-0.2, -0.15) is 18.4 Å². The average molecular weight is 371 g/mol. The number of alkyl halides is 3. The number of benzene rings is 1. The topological polar surface area (TPSA) is 107 Å². The Kier molecular flexibility index (Phi) is 7.15. The Balaban J connectivity index is 3.43. The highest BCUT2D eigenvalue weighted by Gasteiger charge is 2.47. The van der Waals surface area contributed by atoms with E-state index in [2.05, 4.69) is 0 Å². The van der Waals surface area contributed by atoms with E-state index in [9.17, 15) is 22.8 Å². The Labute approximate surface area is 149 Å². The average Bonchev–Trinajstić information content (AvgIpc) is 2.51. The van der Waals surface area contributed by atoms with E-state index in [4.69, 9.17) is 16.1 Å². The fraction of sp³-hybridized carbons (Fsp3) is 0.471. The lowest BCUT2D eigenvalue weighted by molar-refractivity contribution is -0.192. The molecule has 0 spiro atoms. The number of rotatable bonds is 8. The summed E-state index contributed by atoms with van der Waals surface area (Å²) < 4.78 is 41.3. The number of aromatic carboxylic acids is 1. The molecule has 0 heterocycles. The first-order valence-electron chi connectivity index (χ1n) is 7.81. The van der Waals surface area contributed by atoms with E-state index in [0.717, 1.165) is 29.2 Å². The van der Waals surface area contributed by atoms with Gasteiger partial charge in [0.1, 0.15) is 6.04 Å². The zero-order valence-corrected chi connectivity index (χ0v) is 14.3. The summed E-state index contributed by atoms with van der Waals surface area (Å²) in [5, 5.41) is 17.9. The van der Waals surface area contributed by atoms with Crippen molar-refractivity contribution in [2.45, 2.75) is 38.5 Å². The number of nitrogens with two attached hydrogens (primary N) is 1. The molecular formula is C17H20F3N3O3. The Morgan fingerprint density at radius 3 is 2.15 bits per heavy atom. The van der Waals surface area contributed by atoms with Crippen molar-refractivity contribution in [3.05, 3.63) is 35.4 Å². The molecule has 0 fully saturated rings. The third-order valence-electron chi connectivity index (χ3n) is 3.79. The molecule has 0 aliphatic carbocycles. The van der Waals surface area contributed by atoms with E-state index >= 15 is 0 Å². The van der Waals surface area contributed by atoms with Crippen LogP contribution >= 0.6 is 0 Å². The van der Waals surface area contributed by atoms with Crippen molar-refractivity contribution in [2.75, 3.05) is 6.54 Å². The second-order valence-corrected chi connectivity index (χ2v) is 6.25. The maximum Gasteiger partial charge on any atom is 0.408 e. The molecule has 1 aromatic rings. The number of hydrogen-bond donors (Lipinski definition) is 2. The predicted molar refractivity (Wildman–Crippen MR) is 87.0 cm³/mol. The Morgan fingerprint density at radius 1 is 1.27 bits per heavy atom. The van der Waals surface area contributed by atoms with Crippen LogP contribution < -0.4 is 5.73 Å². The minimum atomic E-state index is -4.80. The maximum absolute atomic E-state index is 13.8. The number of hydrogen-bond acceptors (Lipinski definition) is 4. The zero-order chi connectivity index (χ0) is 20.1. The van der Waals surface area contributed by atoms with Crippen LogP contribution in [0.1, 0.15) is 42.2 Å². The molecule has 0 saturated carbocycles. The minimum absolute atomic E-state index is 0.0524. The summed E-state index contributed by atoms with van der Waals surface area (Å²) in [6.07, 6.45) is -4.75. The predicted octanol–water partition coefficient (Wildman–Crippen LogP) is 2.71. The number of primary amides is 1. The molecule has 1 rings (SSSR count). The molecule has 6 nitrogen and oxygen atoms in total. The molecule has 1 amide bonds. The number of carboxylic acid groups (broad SMARTS) is 1. The first-order valence-corrected chi connectivity index (χ1v) is 7.81. The van der Waals surface area contributed by atoms with Gasteiger partial charge < -0.3 is 10.8 Å². The van der Waals surface area contributed by atoms with Gasteiger partial charge in [-0.25, -0.2) is 4.79 Å². The quantitative estimate of drug-likeness (QED) is 0.683. The van der Waals surface area contributed by atoms with E-state index in [1.54, 1.807) is 19.9 Å². The summed E-state index contributed by atoms with van der Waals surface area (Å²) in [6.45, 7) is 2.79. The van der Waals surface area contributed by atoms with Gasteiger partial charge in [0.25, 0.3) is 0 Å². The van der Waals surface area contributed by atoms with Crippen molar-refractivity contribution in [2.24, 2.45) is 11.7 Å². The second kappa shape index (κ2) is 8.67. The lowest BCUT2D eigenvalue weighted by Gasteiger charge is -2.36. The summed E-state index contributed by atoms with van der Waals surface area (Å²) in [5.41, 5.74) is 4.86. The summed E-state index contributed by atoms with van der Waals surface area (Å²) >= 11 is 0. The van der Waals surface area contributed by atoms with Crippen molar-refractivity contribution >= 4 is 11.9 Å². The van der Waals surface area contributed by atoms with E-state index in [0.29, 0.717) is 0 Å². The third-order valence-corrected chi connectivity index (χ3v) is 3.79. The van der Waals surface area contributed by atoms with Gasteiger partial charge in [-0.3, -0.25) is 9.69 Å². The third kappa shape index (κ3) is 5.46. The van der Waals surface area contributed by atoms with E-state index in [1.807, 2.05) is 0 Å². The van der Waals surface area contributed by atoms with Crippen LogP contribution in [0.4, 0.5) is 13.2 Å². The molecule has 9 heteroatoms. The Hall–Kier alpha value is -2.60. The van der Waals surface area contributed by atoms with Gasteiger partial charge in [-0.05, 0) is 30.0 Å². The molecule has 0 aromatic heterocycles. The van der Waals surface area contributed by atoms with Gasteiger partial charge in [0.15, 0.2) is 0 Å². The smallest absolute Gasteiger partial charge is 0.408 e. The zero-order valence-electron chi connectivity index (χ0n) is 14.3. The molecule has 0 saturated heterocycles. The monoisotopic (exact) mass is 371 g/mol. The Morgan fingerprint density at radius 2 is 1.81 bits per heavy atom. The van der Waals surface area contributed by atoms with Gasteiger partial charge in [0.2, 0.25) is 5.91 Å². The highest BCUT2D eigenvalue weighted by atomic mass is 19.4. The lowest BCUT2D eigenvalue weighted by atomic mass is 9.96. The molecule has 0 aliphatic rings. The van der Waals surface area contributed by atoms with E-state index in [-0.39, 0.29) is 23.5 Å². The minimum Gasteiger partial charge on any atom is -0.478 e. The maximum atomic E-state index is 13.8. The number of carboxylic acids is 1. The van der Waals surface area contributed by atoms with Crippen molar-refractivity contribution in [3.8, 4) is 6.07 Å². The van der Waals surface area contributed by atoms with Crippen LogP contribution in [-0.2, 0) is 4.79 Å². The van der Waals surface area contributed by atoms with Gasteiger partial charge in [-0.15, -0.1) is 0 Å². The lowest BCUT2D eigenvalue weighted by Crippen LogP contribution is -2.51. The fourth-order valence-corrected chi connectivity index (χ4v) is 2.70. The van der Waals surface area contributed by atoms with Crippen LogP contribution in [0.3, 0.4) is 0 Å². The van der Waals surface area contributed by atoms with Crippen molar-refractivity contribution in [3.63, 3.8) is 0 Å². The van der Waals surface area contributed by atoms with Crippen molar-refractivity contribution < 1.29 is 27.9 Å².